The first-order chi connectivity index (χ1) is 10.3. The number of likely N-dealkylation sites (tertiary alicyclic amines) is 1. The lowest BCUT2D eigenvalue weighted by atomic mass is 10.0. The van der Waals surface area contributed by atoms with Gasteiger partial charge in [0.2, 0.25) is 5.91 Å². The second kappa shape index (κ2) is 6.50. The SMILES string of the molecule is COCCOCC(=O)N1CC[C@H]2OCc3cnnn3[C@H]2C1. The maximum absolute atomic E-state index is 12.2. The number of piperidine rings is 1. The average molecular weight is 296 g/mol. The van der Waals surface area contributed by atoms with Crippen molar-refractivity contribution in [3.05, 3.63) is 11.9 Å². The molecule has 1 aromatic heterocycles. The van der Waals surface area contributed by atoms with Gasteiger partial charge < -0.3 is 19.1 Å². The van der Waals surface area contributed by atoms with Crippen LogP contribution in [0.25, 0.3) is 0 Å². The molecule has 0 bridgehead atoms. The van der Waals surface area contributed by atoms with E-state index < -0.39 is 0 Å². The van der Waals surface area contributed by atoms with E-state index in [1.807, 2.05) is 9.58 Å². The number of hydrogen-bond donors (Lipinski definition) is 0. The molecule has 21 heavy (non-hydrogen) atoms. The molecule has 0 unspecified atom stereocenters. The van der Waals surface area contributed by atoms with Crippen LogP contribution in [0.1, 0.15) is 18.2 Å². The highest BCUT2D eigenvalue weighted by atomic mass is 16.5. The Balaban J connectivity index is 1.57. The Morgan fingerprint density at radius 1 is 1.52 bits per heavy atom. The molecule has 1 amide bonds. The van der Waals surface area contributed by atoms with Gasteiger partial charge in [0.05, 0.1) is 43.9 Å². The number of hydrogen-bond acceptors (Lipinski definition) is 6. The molecule has 0 N–H and O–H groups in total. The summed E-state index contributed by atoms with van der Waals surface area (Å²) in [6.07, 6.45) is 2.64. The Labute approximate surface area is 122 Å². The lowest BCUT2D eigenvalue weighted by Crippen LogP contribution is -2.50. The Morgan fingerprint density at radius 3 is 3.29 bits per heavy atom. The zero-order valence-corrected chi connectivity index (χ0v) is 12.1. The van der Waals surface area contributed by atoms with Gasteiger partial charge in [0, 0.05) is 20.2 Å². The van der Waals surface area contributed by atoms with Gasteiger partial charge in [0.1, 0.15) is 6.61 Å². The summed E-state index contributed by atoms with van der Waals surface area (Å²) in [6.45, 7) is 2.84. The van der Waals surface area contributed by atoms with Crippen LogP contribution in [0.5, 0.6) is 0 Å². The molecular weight excluding hydrogens is 276 g/mol. The molecule has 3 rings (SSSR count). The van der Waals surface area contributed by atoms with Crippen molar-refractivity contribution < 1.29 is 19.0 Å². The normalized spacial score (nSPS) is 24.5. The molecule has 2 aliphatic rings. The lowest BCUT2D eigenvalue weighted by molar-refractivity contribution is -0.143. The predicted molar refractivity (Wildman–Crippen MR) is 71.5 cm³/mol. The van der Waals surface area contributed by atoms with Crippen molar-refractivity contribution in [2.45, 2.75) is 25.2 Å². The molecule has 0 radical (unpaired) electrons. The number of carbonyl (C=O) groups is 1. The number of ether oxygens (including phenoxy) is 3. The zero-order chi connectivity index (χ0) is 14.7. The molecule has 1 saturated heterocycles. The van der Waals surface area contributed by atoms with Gasteiger partial charge in [-0.05, 0) is 6.42 Å². The first-order valence-electron chi connectivity index (χ1n) is 7.14. The van der Waals surface area contributed by atoms with Crippen molar-refractivity contribution in [3.63, 3.8) is 0 Å². The van der Waals surface area contributed by atoms with Crippen LogP contribution >= 0.6 is 0 Å². The van der Waals surface area contributed by atoms with E-state index in [4.69, 9.17) is 14.2 Å². The number of rotatable bonds is 5. The highest BCUT2D eigenvalue weighted by molar-refractivity contribution is 5.77. The summed E-state index contributed by atoms with van der Waals surface area (Å²) in [4.78, 5) is 14.0. The van der Waals surface area contributed by atoms with Crippen molar-refractivity contribution in [2.75, 3.05) is 40.0 Å². The first-order valence-corrected chi connectivity index (χ1v) is 7.14. The molecule has 0 saturated carbocycles. The van der Waals surface area contributed by atoms with Crippen LogP contribution in [0.4, 0.5) is 0 Å². The molecule has 8 nitrogen and oxygen atoms in total. The summed E-state index contributed by atoms with van der Waals surface area (Å²) < 4.78 is 17.9. The molecule has 0 aromatic carbocycles. The third kappa shape index (κ3) is 3.07. The van der Waals surface area contributed by atoms with Gasteiger partial charge in [-0.15, -0.1) is 5.10 Å². The summed E-state index contributed by atoms with van der Waals surface area (Å²) in [5.41, 5.74) is 0.960. The summed E-state index contributed by atoms with van der Waals surface area (Å²) >= 11 is 0. The third-order valence-electron chi connectivity index (χ3n) is 3.94. The standard InChI is InChI=1S/C13H20N4O4/c1-19-4-5-20-9-13(18)16-3-2-12-11(7-16)17-10(8-21-12)6-14-15-17/h6,11-12H,2-5,7-9H2,1H3/t11-,12+/m0/s1. The van der Waals surface area contributed by atoms with Crippen molar-refractivity contribution in [2.24, 2.45) is 0 Å². The Kier molecular flexibility index (Phi) is 4.47. The quantitative estimate of drug-likeness (QED) is 0.689. The smallest absolute Gasteiger partial charge is 0.248 e. The van der Waals surface area contributed by atoms with Crippen LogP contribution in [-0.4, -0.2) is 71.9 Å². The Bertz CT molecular complexity index is 492. The van der Waals surface area contributed by atoms with E-state index in [0.717, 1.165) is 12.1 Å². The minimum Gasteiger partial charge on any atom is -0.382 e. The zero-order valence-electron chi connectivity index (χ0n) is 12.1. The second-order valence-electron chi connectivity index (χ2n) is 5.26. The monoisotopic (exact) mass is 296 g/mol. The van der Waals surface area contributed by atoms with Gasteiger partial charge in [0.25, 0.3) is 0 Å². The number of methoxy groups -OCH3 is 1. The van der Waals surface area contributed by atoms with Crippen molar-refractivity contribution in [1.29, 1.82) is 0 Å². The van der Waals surface area contributed by atoms with Gasteiger partial charge in [-0.3, -0.25) is 4.79 Å². The fourth-order valence-corrected chi connectivity index (χ4v) is 2.80. The van der Waals surface area contributed by atoms with E-state index in [9.17, 15) is 4.79 Å². The summed E-state index contributed by atoms with van der Waals surface area (Å²) in [5.74, 6) is -0.00297. The molecule has 8 heteroatoms. The Morgan fingerprint density at radius 2 is 2.43 bits per heavy atom. The van der Waals surface area contributed by atoms with Crippen molar-refractivity contribution in [3.8, 4) is 0 Å². The number of carbonyl (C=O) groups excluding carboxylic acids is 1. The minimum absolute atomic E-state index is 0.00297. The maximum Gasteiger partial charge on any atom is 0.248 e. The summed E-state index contributed by atoms with van der Waals surface area (Å²) in [7, 11) is 1.61. The largest absolute Gasteiger partial charge is 0.382 e. The molecule has 1 aromatic rings. The van der Waals surface area contributed by atoms with E-state index in [-0.39, 0.29) is 24.7 Å². The van der Waals surface area contributed by atoms with Gasteiger partial charge in [0.15, 0.2) is 0 Å². The molecule has 3 heterocycles. The maximum atomic E-state index is 12.2. The van der Waals surface area contributed by atoms with Gasteiger partial charge in [-0.2, -0.15) is 0 Å². The van der Waals surface area contributed by atoms with Crippen LogP contribution in [-0.2, 0) is 25.6 Å². The van der Waals surface area contributed by atoms with Crippen molar-refractivity contribution in [1.82, 2.24) is 19.9 Å². The fraction of sp³-hybridized carbons (Fsp3) is 0.769. The van der Waals surface area contributed by atoms with Gasteiger partial charge >= 0.3 is 0 Å². The van der Waals surface area contributed by atoms with Gasteiger partial charge in [-0.1, -0.05) is 5.21 Å². The topological polar surface area (TPSA) is 78.7 Å². The summed E-state index contributed by atoms with van der Waals surface area (Å²) in [6, 6.07) is 0.0490. The molecule has 116 valence electrons. The van der Waals surface area contributed by atoms with Crippen LogP contribution in [0, 0.1) is 0 Å². The van der Waals surface area contributed by atoms with E-state index in [2.05, 4.69) is 10.3 Å². The third-order valence-corrected chi connectivity index (χ3v) is 3.94. The highest BCUT2D eigenvalue weighted by Crippen LogP contribution is 2.29. The van der Waals surface area contributed by atoms with Gasteiger partial charge in [-0.25, -0.2) is 4.68 Å². The highest BCUT2D eigenvalue weighted by Gasteiger charge is 2.37. The second-order valence-corrected chi connectivity index (χ2v) is 5.26. The molecular formula is C13H20N4O4. The Hall–Kier alpha value is -1.51. The predicted octanol–water partition coefficient (Wildman–Crippen LogP) is -0.387. The van der Waals surface area contributed by atoms with Crippen LogP contribution in [0.3, 0.4) is 0 Å². The van der Waals surface area contributed by atoms with E-state index in [1.165, 1.54) is 0 Å². The van der Waals surface area contributed by atoms with E-state index in [1.54, 1.807) is 13.3 Å². The molecule has 0 spiro atoms. The number of aromatic nitrogens is 3. The minimum atomic E-state index is -0.00297. The van der Waals surface area contributed by atoms with Crippen LogP contribution in [0.15, 0.2) is 6.20 Å². The van der Waals surface area contributed by atoms with Crippen LogP contribution in [0.2, 0.25) is 0 Å². The van der Waals surface area contributed by atoms with Crippen molar-refractivity contribution >= 4 is 5.91 Å². The fourth-order valence-electron chi connectivity index (χ4n) is 2.80. The summed E-state index contributed by atoms with van der Waals surface area (Å²) in [5, 5.41) is 8.05. The lowest BCUT2D eigenvalue weighted by Gasteiger charge is -2.40. The van der Waals surface area contributed by atoms with E-state index >= 15 is 0 Å². The molecule has 1 fully saturated rings. The molecule has 2 aliphatic heterocycles. The first kappa shape index (κ1) is 14.4. The molecule has 0 aliphatic carbocycles. The average Bonchev–Trinajstić information content (AvgIpc) is 3.00. The number of fused-ring (bicyclic) bond motifs is 3. The van der Waals surface area contributed by atoms with Crippen LogP contribution < -0.4 is 0 Å². The number of nitrogens with zero attached hydrogens (tertiary/aromatic N) is 4. The number of amides is 1. The van der Waals surface area contributed by atoms with E-state index in [0.29, 0.717) is 32.9 Å². The molecule has 2 atom stereocenters.